The fourth-order valence-electron chi connectivity index (χ4n) is 6.63. The summed E-state index contributed by atoms with van der Waals surface area (Å²) in [4.78, 5) is 33.9. The maximum absolute atomic E-state index is 13.8. The first-order chi connectivity index (χ1) is 30.1. The van der Waals surface area contributed by atoms with Crippen LogP contribution in [0.5, 0.6) is 0 Å². The Morgan fingerprint density at radius 2 is 0.656 bits per heavy atom. The Bertz CT molecular complexity index is 2440. The summed E-state index contributed by atoms with van der Waals surface area (Å²) < 4.78 is 142. The minimum Gasteiger partial charge on any atom is -0.371 e. The minimum absolute atomic E-state index is 0.174. The summed E-state index contributed by atoms with van der Waals surface area (Å²) in [6.45, 7) is -2.17. The molecule has 0 saturated carbocycles. The van der Waals surface area contributed by atoms with Gasteiger partial charge in [-0.3, -0.25) is 30.3 Å². The Hall–Kier alpha value is -7.01. The van der Waals surface area contributed by atoms with Crippen LogP contribution in [-0.4, -0.2) is 24.3 Å². The van der Waals surface area contributed by atoms with Gasteiger partial charge in [0.05, 0.1) is 68.0 Å². The average molecular weight is 918 g/mol. The fourth-order valence-corrected chi connectivity index (χ4v) is 7.87. The summed E-state index contributed by atoms with van der Waals surface area (Å²) >= 11 is 0. The van der Waals surface area contributed by atoms with E-state index in [0.717, 1.165) is 109 Å². The lowest BCUT2D eigenvalue weighted by Crippen LogP contribution is -2.27. The summed E-state index contributed by atoms with van der Waals surface area (Å²) in [7, 11) is -3.82. The molecule has 64 heavy (non-hydrogen) atoms. The number of hydrogen-bond donors (Lipinski definition) is 0. The third-order valence-corrected chi connectivity index (χ3v) is 10.9. The van der Waals surface area contributed by atoms with E-state index < -0.39 is 96.4 Å². The molecule has 6 rings (SSSR count). The van der Waals surface area contributed by atoms with E-state index in [1.807, 2.05) is 0 Å². The highest BCUT2D eigenvalue weighted by molar-refractivity contribution is 6.36. The predicted octanol–water partition coefficient (Wildman–Crippen LogP) is 12.1. The van der Waals surface area contributed by atoms with Gasteiger partial charge in [-0.2, -0.15) is 39.5 Å². The molecule has 0 spiro atoms. The van der Waals surface area contributed by atoms with Crippen LogP contribution in [0, 0.1) is 30.3 Å². The molecule has 0 radical (unpaired) electrons. The summed E-state index contributed by atoms with van der Waals surface area (Å²) in [6, 6.07) is 22.5. The molecule has 12 nitrogen and oxygen atoms in total. The number of alkyl halides is 9. The highest BCUT2D eigenvalue weighted by Gasteiger charge is 2.36. The lowest BCUT2D eigenvalue weighted by Gasteiger charge is -2.18. The third-order valence-electron chi connectivity index (χ3n) is 9.60. The van der Waals surface area contributed by atoms with Crippen LogP contribution < -0.4 is 0 Å². The average Bonchev–Trinajstić information content (AvgIpc) is 3.25. The molecule has 0 aliphatic carbocycles. The van der Waals surface area contributed by atoms with Gasteiger partial charge in [-0.1, -0.05) is 72.8 Å². The van der Waals surface area contributed by atoms with Crippen molar-refractivity contribution >= 4 is 26.6 Å². The van der Waals surface area contributed by atoms with E-state index >= 15 is 0 Å². The zero-order valence-electron chi connectivity index (χ0n) is 32.2. The second-order valence-corrected chi connectivity index (χ2v) is 15.2. The normalized spacial score (nSPS) is 12.1. The topological polar surface area (TPSA) is 157 Å². The molecule has 6 aromatic carbocycles. The van der Waals surface area contributed by atoms with E-state index in [4.69, 9.17) is 13.3 Å². The van der Waals surface area contributed by atoms with Crippen LogP contribution in [0.25, 0.3) is 33.4 Å². The quantitative estimate of drug-likeness (QED) is 0.0423. The van der Waals surface area contributed by atoms with Crippen LogP contribution in [-0.2, 0) is 51.6 Å². The molecular weight excluding hydrogens is 890 g/mol. The SMILES string of the molecule is O=[N+]([O-])c1cc(-c2ccccc2C(F)(F)F)ccc1CO[SiH](OCc1ccc(-c2ccccc2C(F)(F)F)cc1[N+](=O)[O-])OCc1ccc(-c2ccccc2C(F)(F)F)cc1[N+](=O)[O-]. The van der Waals surface area contributed by atoms with Gasteiger partial charge in [0, 0.05) is 18.2 Å². The van der Waals surface area contributed by atoms with E-state index in [9.17, 15) is 69.9 Å². The van der Waals surface area contributed by atoms with Gasteiger partial charge in [0.2, 0.25) is 0 Å². The van der Waals surface area contributed by atoms with E-state index in [1.54, 1.807) is 0 Å². The van der Waals surface area contributed by atoms with E-state index in [2.05, 4.69) is 0 Å². The standard InChI is InChI=1S/C42H28F9N3O9Si/c43-40(44,45)34-10-4-1-7-31(34)25-13-16-28(37(19-25)52(55)56)22-61-64(62-23-29-17-14-26(20-38(29)53(57)58)32-8-2-5-11-35(32)41(46,47)48)63-24-30-18-15-27(21-39(30)54(59)60)33-9-3-6-12-36(33)42(49,50)51/h1-21,64H,22-24H2. The first-order valence-electron chi connectivity index (χ1n) is 18.3. The number of hydrogen-bond acceptors (Lipinski definition) is 9. The van der Waals surface area contributed by atoms with Crippen molar-refractivity contribution in [1.82, 2.24) is 0 Å². The molecule has 0 fully saturated rings. The van der Waals surface area contributed by atoms with Gasteiger partial charge in [-0.05, 0) is 69.8 Å². The highest BCUT2D eigenvalue weighted by Crippen LogP contribution is 2.41. The summed E-state index contributed by atoms with van der Waals surface area (Å²) in [5.41, 5.74) is -7.54. The summed E-state index contributed by atoms with van der Waals surface area (Å²) in [5, 5.41) is 36.6. The number of nitrogens with zero attached hydrogens (tertiary/aromatic N) is 3. The van der Waals surface area contributed by atoms with Crippen molar-refractivity contribution in [2.45, 2.75) is 38.3 Å². The van der Waals surface area contributed by atoms with Crippen LogP contribution >= 0.6 is 0 Å². The Morgan fingerprint density at radius 3 is 0.891 bits per heavy atom. The van der Waals surface area contributed by atoms with Crippen molar-refractivity contribution in [3.63, 3.8) is 0 Å². The molecule has 0 aromatic heterocycles. The van der Waals surface area contributed by atoms with Crippen LogP contribution in [0.15, 0.2) is 127 Å². The largest absolute Gasteiger partial charge is 0.485 e. The molecule has 22 heteroatoms. The lowest BCUT2D eigenvalue weighted by molar-refractivity contribution is -0.385. The Morgan fingerprint density at radius 1 is 0.406 bits per heavy atom. The van der Waals surface area contributed by atoms with Gasteiger partial charge in [0.1, 0.15) is 0 Å². The first kappa shape index (κ1) is 46.5. The Labute approximate surface area is 356 Å². The zero-order chi connectivity index (χ0) is 46.6. The maximum atomic E-state index is 13.8. The first-order valence-corrected chi connectivity index (χ1v) is 19.7. The van der Waals surface area contributed by atoms with E-state index in [-0.39, 0.29) is 50.1 Å². The monoisotopic (exact) mass is 917 g/mol. The van der Waals surface area contributed by atoms with Gasteiger partial charge in [-0.15, -0.1) is 0 Å². The van der Waals surface area contributed by atoms with Gasteiger partial charge in [0.25, 0.3) is 17.1 Å². The summed E-state index contributed by atoms with van der Waals surface area (Å²) in [5.74, 6) is 0. The molecular formula is C42H28F9N3O9Si. The molecule has 0 aliphatic rings. The summed E-state index contributed by atoms with van der Waals surface area (Å²) in [6.07, 6.45) is -14.4. The fraction of sp³-hybridized carbons (Fsp3) is 0.143. The molecule has 0 heterocycles. The van der Waals surface area contributed by atoms with Crippen LogP contribution in [0.3, 0.4) is 0 Å². The number of nitro benzene ring substituents is 3. The van der Waals surface area contributed by atoms with Crippen molar-refractivity contribution in [1.29, 1.82) is 0 Å². The number of benzene rings is 6. The third kappa shape index (κ3) is 10.8. The van der Waals surface area contributed by atoms with Crippen LogP contribution in [0.2, 0.25) is 0 Å². The van der Waals surface area contributed by atoms with Crippen LogP contribution in [0.4, 0.5) is 56.6 Å². The second-order valence-electron chi connectivity index (χ2n) is 13.7. The number of halogens is 9. The van der Waals surface area contributed by atoms with Crippen LogP contribution in [0.1, 0.15) is 33.4 Å². The Kier molecular flexibility index (Phi) is 13.6. The smallest absolute Gasteiger partial charge is 0.371 e. The minimum atomic E-state index is -4.81. The second kappa shape index (κ2) is 18.8. The van der Waals surface area contributed by atoms with Crippen molar-refractivity contribution in [3.8, 4) is 33.4 Å². The molecule has 0 N–H and O–H groups in total. The molecule has 0 unspecified atom stereocenters. The maximum Gasteiger partial charge on any atom is 0.485 e. The molecule has 0 saturated heterocycles. The van der Waals surface area contributed by atoms with E-state index in [0.29, 0.717) is 0 Å². The van der Waals surface area contributed by atoms with Gasteiger partial charge < -0.3 is 13.3 Å². The molecule has 6 aromatic rings. The zero-order valence-corrected chi connectivity index (χ0v) is 33.4. The lowest BCUT2D eigenvalue weighted by atomic mass is 9.97. The molecule has 0 amide bonds. The molecule has 0 aliphatic heterocycles. The van der Waals surface area contributed by atoms with Gasteiger partial charge in [0.15, 0.2) is 0 Å². The van der Waals surface area contributed by atoms with Crippen molar-refractivity contribution in [3.05, 3.63) is 191 Å². The molecule has 0 atom stereocenters. The number of rotatable bonds is 15. The van der Waals surface area contributed by atoms with Crippen molar-refractivity contribution in [2.75, 3.05) is 0 Å². The highest BCUT2D eigenvalue weighted by atomic mass is 28.3. The predicted molar refractivity (Wildman–Crippen MR) is 212 cm³/mol. The van der Waals surface area contributed by atoms with Gasteiger partial charge >= 0.3 is 28.1 Å². The van der Waals surface area contributed by atoms with E-state index in [1.165, 1.54) is 18.2 Å². The van der Waals surface area contributed by atoms with Crippen molar-refractivity contribution < 1.29 is 67.6 Å². The molecule has 0 bridgehead atoms. The number of nitro groups is 3. The van der Waals surface area contributed by atoms with Crippen molar-refractivity contribution in [2.24, 2.45) is 0 Å². The molecule has 332 valence electrons. The Balaban J connectivity index is 1.32. The van der Waals surface area contributed by atoms with Gasteiger partial charge in [-0.25, -0.2) is 0 Å².